The van der Waals surface area contributed by atoms with Crippen LogP contribution in [0.5, 0.6) is 0 Å². The van der Waals surface area contributed by atoms with Crippen LogP contribution in [-0.4, -0.2) is 40.3 Å². The first-order valence-electron chi connectivity index (χ1n) is 3.85. The Hall–Kier alpha value is -0.610. The topological polar surface area (TPSA) is 43.8 Å². The fraction of sp³-hybridized carbons (Fsp3) is 0.857. The minimum absolute atomic E-state index is 0.275. The Bertz CT molecular complexity index is 149. The van der Waals surface area contributed by atoms with Crippen LogP contribution in [0.4, 0.5) is 0 Å². The second-order valence-electron chi connectivity index (χ2n) is 3.01. The summed E-state index contributed by atoms with van der Waals surface area (Å²) in [5.41, 5.74) is 0. The summed E-state index contributed by atoms with van der Waals surface area (Å²) in [5.74, 6) is 0. The highest BCUT2D eigenvalue weighted by molar-refractivity contribution is 5.47. The zero-order valence-corrected chi connectivity index (χ0v) is 6.90. The van der Waals surface area contributed by atoms with Gasteiger partial charge in [-0.2, -0.15) is 0 Å². The van der Waals surface area contributed by atoms with Crippen molar-refractivity contribution >= 4 is 6.41 Å². The van der Waals surface area contributed by atoms with Crippen molar-refractivity contribution < 1.29 is 9.90 Å². The Balaban J connectivity index is 2.61. The van der Waals surface area contributed by atoms with Crippen LogP contribution in [0.1, 0.15) is 20.3 Å². The fourth-order valence-electron chi connectivity index (χ4n) is 1.32. The van der Waals surface area contributed by atoms with Crippen LogP contribution < -0.4 is 0 Å². The maximum Gasteiger partial charge on any atom is 0.226 e. The van der Waals surface area contributed by atoms with Gasteiger partial charge in [0.25, 0.3) is 0 Å². The predicted molar refractivity (Wildman–Crippen MR) is 40.4 cm³/mol. The summed E-state index contributed by atoms with van der Waals surface area (Å²) in [4.78, 5) is 10.5. The van der Waals surface area contributed by atoms with E-state index in [1.165, 1.54) is 5.01 Å². The van der Waals surface area contributed by atoms with Crippen molar-refractivity contribution in [2.24, 2.45) is 0 Å². The van der Waals surface area contributed by atoms with Crippen LogP contribution in [0.25, 0.3) is 0 Å². The molecule has 64 valence electrons. The number of aliphatic hydroxyl groups is 1. The zero-order chi connectivity index (χ0) is 8.43. The van der Waals surface area contributed by atoms with Crippen molar-refractivity contribution in [2.45, 2.75) is 32.5 Å². The molecule has 1 saturated heterocycles. The summed E-state index contributed by atoms with van der Waals surface area (Å²) in [6.45, 7) is 4.75. The van der Waals surface area contributed by atoms with Crippen molar-refractivity contribution in [1.29, 1.82) is 0 Å². The van der Waals surface area contributed by atoms with Crippen molar-refractivity contribution in [3.05, 3.63) is 0 Å². The third-order valence-electron chi connectivity index (χ3n) is 1.92. The maximum absolute atomic E-state index is 10.5. The third-order valence-corrected chi connectivity index (χ3v) is 1.92. The molecule has 0 aromatic heterocycles. The Morgan fingerprint density at radius 1 is 1.64 bits per heavy atom. The van der Waals surface area contributed by atoms with Gasteiger partial charge in [0.05, 0.1) is 0 Å². The Morgan fingerprint density at radius 2 is 2.27 bits per heavy atom. The van der Waals surface area contributed by atoms with Crippen LogP contribution >= 0.6 is 0 Å². The molecule has 0 saturated carbocycles. The minimum Gasteiger partial charge on any atom is -0.372 e. The highest BCUT2D eigenvalue weighted by Crippen LogP contribution is 2.16. The standard InChI is InChI=1S/C7H14N2O2/c1-6(2)8-4-3-7(11)9(8)5-10/h5-7,11H,3-4H2,1-2H3. The number of rotatable bonds is 2. The molecule has 1 aliphatic rings. The quantitative estimate of drug-likeness (QED) is 0.566. The van der Waals surface area contributed by atoms with Gasteiger partial charge in [-0.05, 0) is 13.8 Å². The molecule has 0 spiro atoms. The largest absolute Gasteiger partial charge is 0.372 e. The van der Waals surface area contributed by atoms with Gasteiger partial charge in [-0.1, -0.05) is 0 Å². The fourth-order valence-corrected chi connectivity index (χ4v) is 1.32. The minimum atomic E-state index is -0.616. The van der Waals surface area contributed by atoms with E-state index in [1.807, 2.05) is 18.9 Å². The Kier molecular flexibility index (Phi) is 2.46. The van der Waals surface area contributed by atoms with E-state index in [9.17, 15) is 9.90 Å². The number of hydrogen-bond donors (Lipinski definition) is 1. The van der Waals surface area contributed by atoms with Crippen LogP contribution in [0.2, 0.25) is 0 Å². The molecule has 1 unspecified atom stereocenters. The maximum atomic E-state index is 10.5. The lowest BCUT2D eigenvalue weighted by Gasteiger charge is -2.29. The molecule has 1 aliphatic heterocycles. The lowest BCUT2D eigenvalue weighted by molar-refractivity contribution is -0.148. The van der Waals surface area contributed by atoms with E-state index in [4.69, 9.17) is 0 Å². The van der Waals surface area contributed by atoms with Crippen LogP contribution in [0.3, 0.4) is 0 Å². The van der Waals surface area contributed by atoms with Crippen LogP contribution in [0, 0.1) is 0 Å². The molecule has 0 radical (unpaired) electrons. The molecular weight excluding hydrogens is 144 g/mol. The highest BCUT2D eigenvalue weighted by Gasteiger charge is 2.30. The van der Waals surface area contributed by atoms with E-state index in [2.05, 4.69) is 0 Å². The number of amides is 1. The molecule has 1 fully saturated rings. The number of hydrogen-bond acceptors (Lipinski definition) is 3. The third kappa shape index (κ3) is 1.52. The van der Waals surface area contributed by atoms with Gasteiger partial charge in [0.15, 0.2) is 0 Å². The monoisotopic (exact) mass is 158 g/mol. The SMILES string of the molecule is CC(C)N1CCC(O)N1C=O. The number of carbonyl (C=O) groups excluding carboxylic acids is 1. The predicted octanol–water partition coefficient (Wildman–Crippen LogP) is -0.208. The summed E-state index contributed by atoms with van der Waals surface area (Å²) >= 11 is 0. The summed E-state index contributed by atoms with van der Waals surface area (Å²) in [6.07, 6.45) is 0.712. The van der Waals surface area contributed by atoms with E-state index in [0.29, 0.717) is 12.8 Å². The molecule has 4 heteroatoms. The number of nitrogens with zero attached hydrogens (tertiary/aromatic N) is 2. The van der Waals surface area contributed by atoms with Crippen molar-refractivity contribution in [3.8, 4) is 0 Å². The first-order valence-corrected chi connectivity index (χ1v) is 3.85. The second kappa shape index (κ2) is 3.19. The molecule has 1 heterocycles. The lowest BCUT2D eigenvalue weighted by atomic mass is 10.3. The van der Waals surface area contributed by atoms with Crippen molar-refractivity contribution in [1.82, 2.24) is 10.0 Å². The summed E-state index contributed by atoms with van der Waals surface area (Å²) in [6, 6.07) is 0.275. The molecule has 0 aromatic rings. The first-order chi connectivity index (χ1) is 5.16. The summed E-state index contributed by atoms with van der Waals surface area (Å²) in [7, 11) is 0. The smallest absolute Gasteiger partial charge is 0.226 e. The summed E-state index contributed by atoms with van der Waals surface area (Å²) < 4.78 is 0. The van der Waals surface area contributed by atoms with Gasteiger partial charge in [-0.15, -0.1) is 0 Å². The zero-order valence-electron chi connectivity index (χ0n) is 6.90. The first kappa shape index (κ1) is 8.49. The van der Waals surface area contributed by atoms with E-state index in [1.54, 1.807) is 0 Å². The molecule has 4 nitrogen and oxygen atoms in total. The normalized spacial score (nSPS) is 26.5. The molecule has 1 atom stereocenters. The Labute approximate surface area is 66.4 Å². The molecule has 0 aromatic carbocycles. The number of hydrazine groups is 1. The molecular formula is C7H14N2O2. The lowest BCUT2D eigenvalue weighted by Crippen LogP contribution is -2.43. The van der Waals surface area contributed by atoms with E-state index in [-0.39, 0.29) is 6.04 Å². The van der Waals surface area contributed by atoms with Gasteiger partial charge in [0.2, 0.25) is 6.41 Å². The Morgan fingerprint density at radius 3 is 2.64 bits per heavy atom. The average molecular weight is 158 g/mol. The number of carbonyl (C=O) groups is 1. The van der Waals surface area contributed by atoms with Gasteiger partial charge in [0.1, 0.15) is 6.23 Å². The molecule has 0 aliphatic carbocycles. The van der Waals surface area contributed by atoms with Gasteiger partial charge < -0.3 is 5.11 Å². The molecule has 1 amide bonds. The highest BCUT2D eigenvalue weighted by atomic mass is 16.3. The van der Waals surface area contributed by atoms with Crippen molar-refractivity contribution in [2.75, 3.05) is 6.54 Å². The van der Waals surface area contributed by atoms with Crippen LogP contribution in [0.15, 0.2) is 0 Å². The van der Waals surface area contributed by atoms with Gasteiger partial charge in [0, 0.05) is 19.0 Å². The van der Waals surface area contributed by atoms with Gasteiger partial charge >= 0.3 is 0 Å². The van der Waals surface area contributed by atoms with Crippen molar-refractivity contribution in [3.63, 3.8) is 0 Å². The molecule has 1 N–H and O–H groups in total. The van der Waals surface area contributed by atoms with Gasteiger partial charge in [-0.3, -0.25) is 4.79 Å². The van der Waals surface area contributed by atoms with E-state index in [0.717, 1.165) is 6.54 Å². The average Bonchev–Trinajstić information content (AvgIpc) is 2.30. The van der Waals surface area contributed by atoms with E-state index < -0.39 is 6.23 Å². The molecule has 1 rings (SSSR count). The number of aliphatic hydroxyl groups excluding tert-OH is 1. The van der Waals surface area contributed by atoms with Gasteiger partial charge in [-0.25, -0.2) is 10.0 Å². The summed E-state index contributed by atoms with van der Waals surface area (Å²) in [5, 5.41) is 12.5. The van der Waals surface area contributed by atoms with E-state index >= 15 is 0 Å². The molecule has 0 bridgehead atoms. The molecule has 11 heavy (non-hydrogen) atoms. The second-order valence-corrected chi connectivity index (χ2v) is 3.01. The van der Waals surface area contributed by atoms with Crippen LogP contribution in [-0.2, 0) is 4.79 Å².